The van der Waals surface area contributed by atoms with Crippen LogP contribution in [0.3, 0.4) is 0 Å². The highest BCUT2D eigenvalue weighted by molar-refractivity contribution is 5.86. The van der Waals surface area contributed by atoms with Crippen molar-refractivity contribution in [3.8, 4) is 0 Å². The van der Waals surface area contributed by atoms with Gasteiger partial charge in [-0.05, 0) is 50.3 Å². The lowest BCUT2D eigenvalue weighted by Crippen LogP contribution is -2.25. The lowest BCUT2D eigenvalue weighted by molar-refractivity contribution is -0.139. The number of benzene rings is 1. The molecule has 0 aromatic heterocycles. The molecular formula is C18H26N2O3. The summed E-state index contributed by atoms with van der Waals surface area (Å²) in [5, 5.41) is 2.90. The molecule has 0 radical (unpaired) electrons. The lowest BCUT2D eigenvalue weighted by atomic mass is 10.1. The van der Waals surface area contributed by atoms with E-state index < -0.39 is 0 Å². The van der Waals surface area contributed by atoms with Gasteiger partial charge in [-0.3, -0.25) is 4.79 Å². The van der Waals surface area contributed by atoms with Gasteiger partial charge in [0.05, 0.1) is 6.61 Å². The quantitative estimate of drug-likeness (QED) is 0.301. The van der Waals surface area contributed by atoms with E-state index in [0.717, 1.165) is 36.9 Å². The maximum absolute atomic E-state index is 11.7. The van der Waals surface area contributed by atoms with Crippen LogP contribution >= 0.6 is 0 Å². The molecule has 1 amide bonds. The average molecular weight is 318 g/mol. The fraction of sp³-hybridized carbons (Fsp3) is 0.444. The summed E-state index contributed by atoms with van der Waals surface area (Å²) >= 11 is 0. The minimum atomic E-state index is -0.357. The molecule has 1 aromatic carbocycles. The van der Waals surface area contributed by atoms with Crippen molar-refractivity contribution in [1.29, 1.82) is 0 Å². The van der Waals surface area contributed by atoms with Crippen molar-refractivity contribution in [3.63, 3.8) is 0 Å². The molecule has 1 aromatic rings. The molecule has 0 aliphatic heterocycles. The van der Waals surface area contributed by atoms with E-state index in [1.807, 2.05) is 24.3 Å². The number of carbonyl (C=O) groups is 2. The number of carbonyl (C=O) groups excluding carboxylic acids is 2. The summed E-state index contributed by atoms with van der Waals surface area (Å²) in [5.74, 6) is -0.308. The largest absolute Gasteiger partial charge is 0.462 e. The van der Waals surface area contributed by atoms with E-state index in [2.05, 4.69) is 11.9 Å². The van der Waals surface area contributed by atoms with Crippen LogP contribution in [0.2, 0.25) is 0 Å². The first-order valence-corrected chi connectivity index (χ1v) is 7.93. The third kappa shape index (κ3) is 8.66. The topological polar surface area (TPSA) is 81.4 Å². The van der Waals surface area contributed by atoms with Crippen LogP contribution in [-0.2, 0) is 20.7 Å². The molecule has 3 N–H and O–H groups in total. The first kappa shape index (κ1) is 18.7. The van der Waals surface area contributed by atoms with E-state index in [1.165, 1.54) is 0 Å². The molecule has 1 rings (SSSR count). The molecule has 0 heterocycles. The molecule has 0 atom stereocenters. The summed E-state index contributed by atoms with van der Waals surface area (Å²) in [5.41, 5.74) is 7.97. The zero-order valence-corrected chi connectivity index (χ0v) is 13.8. The normalized spacial score (nSPS) is 10.1. The van der Waals surface area contributed by atoms with Crippen LogP contribution in [0.5, 0.6) is 0 Å². The fourth-order valence-electron chi connectivity index (χ4n) is 2.04. The molecule has 0 aliphatic carbocycles. The minimum absolute atomic E-state index is 0.0489. The van der Waals surface area contributed by atoms with Gasteiger partial charge >= 0.3 is 5.97 Å². The van der Waals surface area contributed by atoms with E-state index >= 15 is 0 Å². The predicted molar refractivity (Wildman–Crippen MR) is 91.8 cm³/mol. The summed E-state index contributed by atoms with van der Waals surface area (Å²) in [7, 11) is 0. The average Bonchev–Trinajstić information content (AvgIpc) is 2.50. The van der Waals surface area contributed by atoms with E-state index in [0.29, 0.717) is 25.1 Å². The number of nitrogens with one attached hydrogen (secondary N) is 1. The van der Waals surface area contributed by atoms with E-state index in [9.17, 15) is 9.59 Å². The zero-order chi connectivity index (χ0) is 17.1. The summed E-state index contributed by atoms with van der Waals surface area (Å²) in [6.45, 7) is 6.12. The van der Waals surface area contributed by atoms with Gasteiger partial charge < -0.3 is 15.8 Å². The van der Waals surface area contributed by atoms with Crippen LogP contribution in [-0.4, -0.2) is 25.0 Å². The summed E-state index contributed by atoms with van der Waals surface area (Å²) in [6, 6.07) is 7.66. The molecule has 126 valence electrons. The maximum atomic E-state index is 11.7. The number of nitrogens with two attached hydrogens (primary N) is 1. The first-order chi connectivity index (χ1) is 11.0. The number of amides is 1. The Hall–Kier alpha value is -2.30. The molecule has 0 bridgehead atoms. The molecule has 5 nitrogen and oxygen atoms in total. The Morgan fingerprint density at radius 1 is 1.26 bits per heavy atom. The van der Waals surface area contributed by atoms with Gasteiger partial charge in [0.1, 0.15) is 0 Å². The highest BCUT2D eigenvalue weighted by Gasteiger charge is 2.03. The summed E-state index contributed by atoms with van der Waals surface area (Å²) < 4.78 is 4.98. The van der Waals surface area contributed by atoms with Gasteiger partial charge in [0.2, 0.25) is 5.91 Å². The van der Waals surface area contributed by atoms with Crippen LogP contribution in [0.1, 0.15) is 38.2 Å². The first-order valence-electron chi connectivity index (χ1n) is 7.93. The molecule has 23 heavy (non-hydrogen) atoms. The van der Waals surface area contributed by atoms with Crippen molar-refractivity contribution >= 4 is 17.6 Å². The molecule has 0 fully saturated rings. The Labute approximate surface area is 137 Å². The van der Waals surface area contributed by atoms with Crippen molar-refractivity contribution in [3.05, 3.63) is 42.0 Å². The van der Waals surface area contributed by atoms with Crippen LogP contribution < -0.4 is 11.1 Å². The van der Waals surface area contributed by atoms with Gasteiger partial charge in [-0.2, -0.15) is 0 Å². The number of hydrogen-bond donors (Lipinski definition) is 2. The van der Waals surface area contributed by atoms with E-state index in [4.69, 9.17) is 10.5 Å². The smallest absolute Gasteiger partial charge is 0.333 e. The van der Waals surface area contributed by atoms with Gasteiger partial charge in [-0.1, -0.05) is 18.7 Å². The third-order valence-corrected chi connectivity index (χ3v) is 3.32. The second-order valence-electron chi connectivity index (χ2n) is 5.57. The Kier molecular flexibility index (Phi) is 8.50. The van der Waals surface area contributed by atoms with Gasteiger partial charge in [-0.15, -0.1) is 0 Å². The Morgan fingerprint density at radius 3 is 2.74 bits per heavy atom. The molecular weight excluding hydrogens is 292 g/mol. The molecule has 0 spiro atoms. The highest BCUT2D eigenvalue weighted by atomic mass is 16.5. The number of ether oxygens (including phenoxy) is 1. The Morgan fingerprint density at radius 2 is 2.04 bits per heavy atom. The molecule has 0 saturated carbocycles. The van der Waals surface area contributed by atoms with Gasteiger partial charge in [-0.25, -0.2) is 4.79 Å². The van der Waals surface area contributed by atoms with Crippen LogP contribution in [0.25, 0.3) is 0 Å². The van der Waals surface area contributed by atoms with Crippen molar-refractivity contribution in [2.24, 2.45) is 0 Å². The van der Waals surface area contributed by atoms with Crippen LogP contribution in [0, 0.1) is 0 Å². The van der Waals surface area contributed by atoms with Gasteiger partial charge in [0.15, 0.2) is 0 Å². The van der Waals surface area contributed by atoms with Crippen molar-refractivity contribution < 1.29 is 14.3 Å². The van der Waals surface area contributed by atoms with Gasteiger partial charge in [0.25, 0.3) is 0 Å². The minimum Gasteiger partial charge on any atom is -0.462 e. The predicted octanol–water partition coefficient (Wildman–Crippen LogP) is 2.61. The number of esters is 1. The second kappa shape index (κ2) is 10.4. The number of anilines is 1. The lowest BCUT2D eigenvalue weighted by Gasteiger charge is -2.06. The van der Waals surface area contributed by atoms with Crippen molar-refractivity contribution in [2.45, 2.75) is 39.0 Å². The Balaban J connectivity index is 2.02. The fourth-order valence-corrected chi connectivity index (χ4v) is 2.04. The number of rotatable bonds is 10. The van der Waals surface area contributed by atoms with Crippen molar-refractivity contribution in [1.82, 2.24) is 5.32 Å². The van der Waals surface area contributed by atoms with E-state index in [1.54, 1.807) is 6.92 Å². The monoisotopic (exact) mass is 318 g/mol. The SMILES string of the molecule is C=C(C)C(=O)OCCCCCC(=O)NCCc1cccc(N)c1. The number of unbranched alkanes of at least 4 members (excludes halogenated alkanes) is 2. The molecule has 0 aliphatic rings. The number of nitrogen functional groups attached to an aromatic ring is 1. The standard InChI is InChI=1S/C18H26N2O3/c1-14(2)18(22)23-12-5-3-4-9-17(21)20-11-10-15-7-6-8-16(19)13-15/h6-8,13H,1,3-5,9-12,19H2,2H3,(H,20,21). The summed E-state index contributed by atoms with van der Waals surface area (Å²) in [6.07, 6.45) is 3.66. The molecule has 0 saturated heterocycles. The number of hydrogen-bond acceptors (Lipinski definition) is 4. The third-order valence-electron chi connectivity index (χ3n) is 3.32. The summed E-state index contributed by atoms with van der Waals surface area (Å²) in [4.78, 5) is 22.8. The molecule has 5 heteroatoms. The second-order valence-corrected chi connectivity index (χ2v) is 5.57. The van der Waals surface area contributed by atoms with Crippen LogP contribution in [0.4, 0.5) is 5.69 Å². The Bertz CT molecular complexity index is 541. The van der Waals surface area contributed by atoms with Gasteiger partial charge in [0, 0.05) is 24.2 Å². The maximum Gasteiger partial charge on any atom is 0.333 e. The highest BCUT2D eigenvalue weighted by Crippen LogP contribution is 2.06. The van der Waals surface area contributed by atoms with Crippen LogP contribution in [0.15, 0.2) is 36.4 Å². The zero-order valence-electron chi connectivity index (χ0n) is 13.8. The van der Waals surface area contributed by atoms with E-state index in [-0.39, 0.29) is 11.9 Å². The van der Waals surface area contributed by atoms with Crippen molar-refractivity contribution in [2.75, 3.05) is 18.9 Å². The molecule has 0 unspecified atom stereocenters.